The SMILES string of the molecule is O=C(Nc1ccc(N2CCCC2)c(S(=O)(=O)Nc2cccc(C(F)(F)F)c2)c1)c1ccncc1. The summed E-state index contributed by atoms with van der Waals surface area (Å²) in [6.07, 6.45) is 0.0853. The van der Waals surface area contributed by atoms with E-state index in [0.717, 1.165) is 31.0 Å². The van der Waals surface area contributed by atoms with Crippen molar-refractivity contribution >= 4 is 33.0 Å². The van der Waals surface area contributed by atoms with Crippen molar-refractivity contribution in [2.24, 2.45) is 0 Å². The van der Waals surface area contributed by atoms with E-state index in [1.807, 2.05) is 4.90 Å². The van der Waals surface area contributed by atoms with Crippen molar-refractivity contribution in [1.29, 1.82) is 0 Å². The number of sulfonamides is 1. The zero-order valence-electron chi connectivity index (χ0n) is 17.8. The van der Waals surface area contributed by atoms with Gasteiger partial charge >= 0.3 is 6.18 Å². The Balaban J connectivity index is 1.69. The van der Waals surface area contributed by atoms with Crippen molar-refractivity contribution in [1.82, 2.24) is 4.98 Å². The summed E-state index contributed by atoms with van der Waals surface area (Å²) in [5.41, 5.74) is -0.197. The van der Waals surface area contributed by atoms with Crippen LogP contribution in [0.15, 0.2) is 71.9 Å². The van der Waals surface area contributed by atoms with E-state index in [-0.39, 0.29) is 16.3 Å². The number of rotatable bonds is 6. The van der Waals surface area contributed by atoms with Gasteiger partial charge in [0.05, 0.1) is 11.3 Å². The summed E-state index contributed by atoms with van der Waals surface area (Å²) in [5.74, 6) is -0.453. The van der Waals surface area contributed by atoms with Crippen molar-refractivity contribution in [2.75, 3.05) is 28.0 Å². The predicted molar refractivity (Wildman–Crippen MR) is 122 cm³/mol. The highest BCUT2D eigenvalue weighted by Crippen LogP contribution is 2.34. The molecule has 2 heterocycles. The lowest BCUT2D eigenvalue weighted by atomic mass is 10.2. The molecule has 0 atom stereocenters. The number of alkyl halides is 3. The highest BCUT2D eigenvalue weighted by molar-refractivity contribution is 7.92. The Hall–Kier alpha value is -3.60. The van der Waals surface area contributed by atoms with Gasteiger partial charge in [-0.3, -0.25) is 14.5 Å². The van der Waals surface area contributed by atoms with Gasteiger partial charge in [-0.25, -0.2) is 8.42 Å². The number of aromatic nitrogens is 1. The van der Waals surface area contributed by atoms with Crippen LogP contribution >= 0.6 is 0 Å². The van der Waals surface area contributed by atoms with Gasteiger partial charge in [-0.05, 0) is 61.4 Å². The number of benzene rings is 2. The molecule has 178 valence electrons. The fraction of sp³-hybridized carbons (Fsp3) is 0.217. The molecular weight excluding hydrogens is 469 g/mol. The predicted octanol–water partition coefficient (Wildman–Crippen LogP) is 4.75. The molecule has 0 aliphatic carbocycles. The molecule has 0 spiro atoms. The molecule has 2 N–H and O–H groups in total. The number of pyridine rings is 1. The monoisotopic (exact) mass is 490 g/mol. The van der Waals surface area contributed by atoms with Crippen LogP contribution in [0.2, 0.25) is 0 Å². The lowest BCUT2D eigenvalue weighted by molar-refractivity contribution is -0.137. The number of carbonyl (C=O) groups excluding carboxylic acids is 1. The van der Waals surface area contributed by atoms with E-state index in [4.69, 9.17) is 0 Å². The largest absolute Gasteiger partial charge is 0.416 e. The Bertz CT molecular complexity index is 1290. The maximum absolute atomic E-state index is 13.3. The van der Waals surface area contributed by atoms with Gasteiger partial charge in [0.2, 0.25) is 0 Å². The molecule has 34 heavy (non-hydrogen) atoms. The second-order valence-corrected chi connectivity index (χ2v) is 9.40. The van der Waals surface area contributed by atoms with E-state index < -0.39 is 27.7 Å². The second-order valence-electron chi connectivity index (χ2n) is 7.75. The Morgan fingerprint density at radius 1 is 0.941 bits per heavy atom. The summed E-state index contributed by atoms with van der Waals surface area (Å²) < 4.78 is 68.1. The van der Waals surface area contributed by atoms with Crippen LogP contribution in [0.25, 0.3) is 0 Å². The molecule has 7 nitrogen and oxygen atoms in total. The summed E-state index contributed by atoms with van der Waals surface area (Å²) in [5, 5.41) is 2.66. The van der Waals surface area contributed by atoms with Gasteiger partial charge in [0, 0.05) is 42.4 Å². The minimum atomic E-state index is -4.61. The molecule has 1 fully saturated rings. The Labute approximate surface area is 194 Å². The number of nitrogens with zero attached hydrogens (tertiary/aromatic N) is 2. The molecule has 1 aliphatic rings. The highest BCUT2D eigenvalue weighted by atomic mass is 32.2. The molecule has 1 aliphatic heterocycles. The van der Waals surface area contributed by atoms with Crippen LogP contribution in [-0.4, -0.2) is 32.4 Å². The van der Waals surface area contributed by atoms with Gasteiger partial charge in [0.25, 0.3) is 15.9 Å². The zero-order valence-corrected chi connectivity index (χ0v) is 18.7. The van der Waals surface area contributed by atoms with Crippen molar-refractivity contribution < 1.29 is 26.4 Å². The summed E-state index contributed by atoms with van der Waals surface area (Å²) >= 11 is 0. The maximum atomic E-state index is 13.3. The van der Waals surface area contributed by atoms with E-state index >= 15 is 0 Å². The molecule has 0 bridgehead atoms. The zero-order chi connectivity index (χ0) is 24.3. The van der Waals surface area contributed by atoms with Gasteiger partial charge in [-0.1, -0.05) is 6.07 Å². The summed E-state index contributed by atoms with van der Waals surface area (Å²) in [6, 6.07) is 11.5. The first-order chi connectivity index (χ1) is 16.1. The van der Waals surface area contributed by atoms with Gasteiger partial charge in [-0.15, -0.1) is 0 Å². The number of halogens is 3. The van der Waals surface area contributed by atoms with Gasteiger partial charge < -0.3 is 10.2 Å². The van der Waals surface area contributed by atoms with Crippen LogP contribution < -0.4 is 14.9 Å². The number of amides is 1. The third-order valence-electron chi connectivity index (χ3n) is 5.34. The highest BCUT2D eigenvalue weighted by Gasteiger charge is 2.31. The fourth-order valence-electron chi connectivity index (χ4n) is 3.70. The lowest BCUT2D eigenvalue weighted by Crippen LogP contribution is -2.23. The first-order valence-electron chi connectivity index (χ1n) is 10.4. The number of carbonyl (C=O) groups is 1. The smallest absolute Gasteiger partial charge is 0.370 e. The molecule has 1 saturated heterocycles. The number of hydrogen-bond acceptors (Lipinski definition) is 5. The normalized spacial score (nSPS) is 14.1. The van der Waals surface area contributed by atoms with E-state index in [2.05, 4.69) is 15.0 Å². The first-order valence-corrected chi connectivity index (χ1v) is 11.9. The first kappa shape index (κ1) is 23.6. The van der Waals surface area contributed by atoms with Gasteiger partial charge in [0.1, 0.15) is 4.90 Å². The Morgan fingerprint density at radius 3 is 2.32 bits per heavy atom. The molecule has 3 aromatic rings. The van der Waals surface area contributed by atoms with Crippen LogP contribution in [0.3, 0.4) is 0 Å². The maximum Gasteiger partial charge on any atom is 0.416 e. The lowest BCUT2D eigenvalue weighted by Gasteiger charge is -2.22. The van der Waals surface area contributed by atoms with Crippen molar-refractivity contribution in [3.05, 3.63) is 78.1 Å². The van der Waals surface area contributed by atoms with Gasteiger partial charge in [0.15, 0.2) is 0 Å². The van der Waals surface area contributed by atoms with Crippen LogP contribution in [0, 0.1) is 0 Å². The van der Waals surface area contributed by atoms with E-state index in [0.29, 0.717) is 24.3 Å². The summed E-state index contributed by atoms with van der Waals surface area (Å²) in [6.45, 7) is 1.30. The number of hydrogen-bond donors (Lipinski definition) is 2. The number of nitrogens with one attached hydrogen (secondary N) is 2. The third kappa shape index (κ3) is 5.30. The Kier molecular flexibility index (Phi) is 6.47. The van der Waals surface area contributed by atoms with Crippen molar-refractivity contribution in [3.8, 4) is 0 Å². The van der Waals surface area contributed by atoms with E-state index in [1.54, 1.807) is 12.1 Å². The Morgan fingerprint density at radius 2 is 1.65 bits per heavy atom. The average Bonchev–Trinajstić information content (AvgIpc) is 3.34. The molecule has 4 rings (SSSR count). The van der Waals surface area contributed by atoms with E-state index in [1.165, 1.54) is 36.7 Å². The molecule has 1 amide bonds. The topological polar surface area (TPSA) is 91.4 Å². The minimum absolute atomic E-state index is 0.139. The van der Waals surface area contributed by atoms with Crippen LogP contribution in [-0.2, 0) is 16.2 Å². The fourth-order valence-corrected chi connectivity index (χ4v) is 5.00. The molecule has 0 unspecified atom stereocenters. The second kappa shape index (κ2) is 9.34. The van der Waals surface area contributed by atoms with Crippen molar-refractivity contribution in [3.63, 3.8) is 0 Å². The molecule has 1 aromatic heterocycles. The molecule has 0 radical (unpaired) electrons. The van der Waals surface area contributed by atoms with Crippen LogP contribution in [0.5, 0.6) is 0 Å². The van der Waals surface area contributed by atoms with Gasteiger partial charge in [-0.2, -0.15) is 13.2 Å². The van der Waals surface area contributed by atoms with Crippen LogP contribution in [0.4, 0.5) is 30.2 Å². The summed E-state index contributed by atoms with van der Waals surface area (Å²) in [4.78, 5) is 18.1. The van der Waals surface area contributed by atoms with E-state index in [9.17, 15) is 26.4 Å². The molecule has 11 heteroatoms. The standard InChI is InChI=1S/C23H21F3N4O3S/c24-23(25,26)17-4-3-5-19(14-17)29-34(32,33)21-15-18(6-7-20(21)30-12-1-2-13-30)28-22(31)16-8-10-27-11-9-16/h3-11,14-15,29H,1-2,12-13H2,(H,28,31). The molecular formula is C23H21F3N4O3S. The summed E-state index contributed by atoms with van der Waals surface area (Å²) in [7, 11) is -4.29. The van der Waals surface area contributed by atoms with Crippen molar-refractivity contribution in [2.45, 2.75) is 23.9 Å². The molecule has 2 aromatic carbocycles. The third-order valence-corrected chi connectivity index (χ3v) is 6.75. The number of anilines is 3. The molecule has 0 saturated carbocycles. The quantitative estimate of drug-likeness (QED) is 0.520. The van der Waals surface area contributed by atoms with Crippen LogP contribution in [0.1, 0.15) is 28.8 Å². The average molecular weight is 491 g/mol. The minimum Gasteiger partial charge on any atom is -0.370 e.